The predicted octanol–water partition coefficient (Wildman–Crippen LogP) is -1.33. The highest BCUT2D eigenvalue weighted by Crippen LogP contribution is 1.90. The van der Waals surface area contributed by atoms with Crippen LogP contribution in [0.1, 0.15) is 13.8 Å². The van der Waals surface area contributed by atoms with Gasteiger partial charge in [-0.2, -0.15) is 0 Å². The molecule has 8 heteroatoms. The third-order valence-corrected chi connectivity index (χ3v) is 3.24. The Balaban J connectivity index is 3.78. The fourth-order valence-electron chi connectivity index (χ4n) is 1.03. The average Bonchev–Trinajstić information content (AvgIpc) is 2.26. The second-order valence-electron chi connectivity index (χ2n) is 4.01. The van der Waals surface area contributed by atoms with E-state index < -0.39 is 10.0 Å². The average molecular weight is 281 g/mol. The number of sulfonamides is 1. The largest absolute Gasteiger partial charge is 0.378 e. The first-order valence-corrected chi connectivity index (χ1v) is 7.53. The molecule has 18 heavy (non-hydrogen) atoms. The monoisotopic (exact) mass is 281 g/mol. The van der Waals surface area contributed by atoms with Gasteiger partial charge in [-0.25, -0.2) is 13.1 Å². The zero-order valence-corrected chi connectivity index (χ0v) is 12.0. The molecule has 108 valence electrons. The van der Waals surface area contributed by atoms with E-state index >= 15 is 0 Å². The zero-order chi connectivity index (χ0) is 14.0. The Hall–Kier alpha value is -0.700. The quantitative estimate of drug-likeness (QED) is 0.431. The van der Waals surface area contributed by atoms with Gasteiger partial charge in [-0.15, -0.1) is 0 Å². The van der Waals surface area contributed by atoms with Crippen LogP contribution in [-0.4, -0.2) is 59.5 Å². The molecule has 1 amide bonds. The van der Waals surface area contributed by atoms with Gasteiger partial charge in [0.2, 0.25) is 15.9 Å². The van der Waals surface area contributed by atoms with Crippen LogP contribution in [0.5, 0.6) is 0 Å². The summed E-state index contributed by atoms with van der Waals surface area (Å²) < 4.78 is 30.3. The van der Waals surface area contributed by atoms with Crippen LogP contribution in [0.25, 0.3) is 0 Å². The molecule has 0 rings (SSSR count). The van der Waals surface area contributed by atoms with Gasteiger partial charge < -0.3 is 15.4 Å². The Bertz CT molecular complexity index is 330. The first-order chi connectivity index (χ1) is 8.37. The lowest BCUT2D eigenvalue weighted by Crippen LogP contribution is -2.40. The van der Waals surface area contributed by atoms with Crippen molar-refractivity contribution in [3.63, 3.8) is 0 Å². The highest BCUT2D eigenvalue weighted by atomic mass is 32.2. The number of rotatable bonds is 10. The van der Waals surface area contributed by atoms with Gasteiger partial charge in [0.05, 0.1) is 25.0 Å². The van der Waals surface area contributed by atoms with E-state index in [1.165, 1.54) is 0 Å². The van der Waals surface area contributed by atoms with Crippen LogP contribution in [0.15, 0.2) is 0 Å². The Morgan fingerprint density at radius 1 is 1.28 bits per heavy atom. The van der Waals surface area contributed by atoms with Gasteiger partial charge in [-0.05, 0) is 20.9 Å². The van der Waals surface area contributed by atoms with Crippen LogP contribution in [0.4, 0.5) is 0 Å². The van der Waals surface area contributed by atoms with Crippen molar-refractivity contribution < 1.29 is 17.9 Å². The summed E-state index contributed by atoms with van der Waals surface area (Å²) in [5, 5.41) is 5.43. The Morgan fingerprint density at radius 3 is 2.50 bits per heavy atom. The molecule has 0 spiro atoms. The summed E-state index contributed by atoms with van der Waals surface area (Å²) in [7, 11) is -1.69. The van der Waals surface area contributed by atoms with Crippen LogP contribution >= 0.6 is 0 Å². The molecule has 0 fully saturated rings. The van der Waals surface area contributed by atoms with Gasteiger partial charge in [-0.1, -0.05) is 0 Å². The van der Waals surface area contributed by atoms with E-state index in [0.717, 1.165) is 0 Å². The molecule has 0 radical (unpaired) electrons. The van der Waals surface area contributed by atoms with Crippen molar-refractivity contribution in [1.82, 2.24) is 15.4 Å². The number of ether oxygens (including phenoxy) is 1. The molecular weight excluding hydrogens is 258 g/mol. The molecule has 0 unspecified atom stereocenters. The molecule has 0 heterocycles. The lowest BCUT2D eigenvalue weighted by Gasteiger charge is -2.09. The number of carbonyl (C=O) groups excluding carboxylic acids is 1. The van der Waals surface area contributed by atoms with E-state index in [0.29, 0.717) is 13.1 Å². The molecule has 0 aliphatic heterocycles. The van der Waals surface area contributed by atoms with Crippen molar-refractivity contribution in [3.8, 4) is 0 Å². The molecule has 0 aromatic heterocycles. The fourth-order valence-corrected chi connectivity index (χ4v) is 1.84. The van der Waals surface area contributed by atoms with Gasteiger partial charge in [0.15, 0.2) is 0 Å². The summed E-state index contributed by atoms with van der Waals surface area (Å²) in [5.74, 6) is -0.492. The molecule has 0 saturated carbocycles. The summed E-state index contributed by atoms with van der Waals surface area (Å²) in [4.78, 5) is 11.2. The third kappa shape index (κ3) is 10.5. The maximum absolute atomic E-state index is 11.5. The smallest absolute Gasteiger partial charge is 0.235 e. The van der Waals surface area contributed by atoms with E-state index in [-0.39, 0.29) is 30.9 Å². The number of carbonyl (C=O) groups is 1. The summed E-state index contributed by atoms with van der Waals surface area (Å²) in [6.45, 7) is 4.64. The van der Waals surface area contributed by atoms with Crippen molar-refractivity contribution in [2.45, 2.75) is 20.0 Å². The van der Waals surface area contributed by atoms with Crippen LogP contribution in [-0.2, 0) is 19.6 Å². The Kier molecular flexibility index (Phi) is 8.90. The maximum atomic E-state index is 11.5. The molecule has 0 saturated heterocycles. The van der Waals surface area contributed by atoms with Crippen molar-refractivity contribution in [3.05, 3.63) is 0 Å². The van der Waals surface area contributed by atoms with E-state index in [1.807, 2.05) is 13.8 Å². The van der Waals surface area contributed by atoms with Gasteiger partial charge in [-0.3, -0.25) is 4.79 Å². The Labute approximate surface area is 109 Å². The standard InChI is InChI=1S/C10H23N3O4S/c1-9(2)17-6-7-18(15,16)13-8-10(14)12-5-4-11-3/h9,11,13H,4-8H2,1-3H3,(H,12,14). The molecule has 7 nitrogen and oxygen atoms in total. The number of likely N-dealkylation sites (N-methyl/N-ethyl adjacent to an activating group) is 1. The molecule has 3 N–H and O–H groups in total. The molecule has 0 bridgehead atoms. The van der Waals surface area contributed by atoms with Crippen molar-refractivity contribution in [2.75, 3.05) is 39.0 Å². The summed E-state index contributed by atoms with van der Waals surface area (Å²) in [6.07, 6.45) is -0.00922. The summed E-state index contributed by atoms with van der Waals surface area (Å²) in [5.41, 5.74) is 0. The predicted molar refractivity (Wildman–Crippen MR) is 69.8 cm³/mol. The lowest BCUT2D eigenvalue weighted by atomic mass is 10.5. The van der Waals surface area contributed by atoms with Crippen molar-refractivity contribution in [2.24, 2.45) is 0 Å². The van der Waals surface area contributed by atoms with Crippen LogP contribution in [0.2, 0.25) is 0 Å². The number of nitrogens with one attached hydrogen (secondary N) is 3. The van der Waals surface area contributed by atoms with Crippen molar-refractivity contribution >= 4 is 15.9 Å². The van der Waals surface area contributed by atoms with Crippen LogP contribution in [0.3, 0.4) is 0 Å². The number of hydrogen-bond donors (Lipinski definition) is 3. The number of amides is 1. The van der Waals surface area contributed by atoms with Gasteiger partial charge in [0, 0.05) is 13.1 Å². The van der Waals surface area contributed by atoms with E-state index in [2.05, 4.69) is 15.4 Å². The fraction of sp³-hybridized carbons (Fsp3) is 0.900. The molecule has 0 aliphatic carbocycles. The first kappa shape index (κ1) is 17.3. The SMILES string of the molecule is CNCCNC(=O)CNS(=O)(=O)CCOC(C)C. The van der Waals surface area contributed by atoms with Gasteiger partial charge >= 0.3 is 0 Å². The van der Waals surface area contributed by atoms with Crippen LogP contribution < -0.4 is 15.4 Å². The zero-order valence-electron chi connectivity index (χ0n) is 11.2. The molecule has 0 aromatic rings. The normalized spacial score (nSPS) is 11.8. The summed E-state index contributed by atoms with van der Waals surface area (Å²) >= 11 is 0. The highest BCUT2D eigenvalue weighted by molar-refractivity contribution is 7.89. The number of hydrogen-bond acceptors (Lipinski definition) is 5. The van der Waals surface area contributed by atoms with Gasteiger partial charge in [0.1, 0.15) is 0 Å². The molecule has 0 atom stereocenters. The second-order valence-corrected chi connectivity index (χ2v) is 5.94. The van der Waals surface area contributed by atoms with E-state index in [4.69, 9.17) is 4.74 Å². The lowest BCUT2D eigenvalue weighted by molar-refractivity contribution is -0.119. The molecule has 0 aliphatic rings. The minimum Gasteiger partial charge on any atom is -0.378 e. The highest BCUT2D eigenvalue weighted by Gasteiger charge is 2.12. The van der Waals surface area contributed by atoms with E-state index in [1.54, 1.807) is 7.05 Å². The topological polar surface area (TPSA) is 96.5 Å². The maximum Gasteiger partial charge on any atom is 0.235 e. The van der Waals surface area contributed by atoms with E-state index in [9.17, 15) is 13.2 Å². The minimum atomic E-state index is -3.45. The Morgan fingerprint density at radius 2 is 1.94 bits per heavy atom. The third-order valence-electron chi connectivity index (χ3n) is 1.95. The second kappa shape index (κ2) is 9.26. The van der Waals surface area contributed by atoms with Crippen LogP contribution in [0, 0.1) is 0 Å². The van der Waals surface area contributed by atoms with Crippen molar-refractivity contribution in [1.29, 1.82) is 0 Å². The molecular formula is C10H23N3O4S. The molecule has 0 aromatic carbocycles. The first-order valence-electron chi connectivity index (χ1n) is 5.87. The van der Waals surface area contributed by atoms with Gasteiger partial charge in [0.25, 0.3) is 0 Å². The summed E-state index contributed by atoms with van der Waals surface area (Å²) in [6, 6.07) is 0. The minimum absolute atomic E-state index is 0.00922.